The number of hydrogen-bond donors (Lipinski definition) is 0. The third-order valence-corrected chi connectivity index (χ3v) is 3.82. The van der Waals surface area contributed by atoms with Crippen LogP contribution in [0.1, 0.15) is 59.3 Å². The zero-order valence-electron chi connectivity index (χ0n) is 10.8. The van der Waals surface area contributed by atoms with Crippen molar-refractivity contribution in [2.45, 2.75) is 64.9 Å². The summed E-state index contributed by atoms with van der Waals surface area (Å²) in [6.07, 6.45) is 6.58. The van der Waals surface area contributed by atoms with Crippen LogP contribution in [-0.4, -0.2) is 11.6 Å². The summed E-state index contributed by atoms with van der Waals surface area (Å²) < 4.78 is 5.77. The van der Waals surface area contributed by atoms with E-state index in [1.54, 1.807) is 6.92 Å². The van der Waals surface area contributed by atoms with Crippen LogP contribution >= 0.6 is 0 Å². The predicted octanol–water partition coefficient (Wildman–Crippen LogP) is 3.85. The van der Waals surface area contributed by atoms with Crippen LogP contribution in [0.5, 0.6) is 0 Å². The van der Waals surface area contributed by atoms with E-state index in [1.807, 2.05) is 0 Å². The largest absolute Gasteiger partial charge is 0.455 e. The molecule has 0 aromatic carbocycles. The van der Waals surface area contributed by atoms with Crippen molar-refractivity contribution in [1.82, 2.24) is 0 Å². The molecule has 2 heteroatoms. The molecule has 0 aromatic rings. The van der Waals surface area contributed by atoms with Gasteiger partial charge in [-0.15, -0.1) is 0 Å². The lowest BCUT2D eigenvalue weighted by Gasteiger charge is -2.36. The zero-order chi connectivity index (χ0) is 12.2. The van der Waals surface area contributed by atoms with Crippen LogP contribution in [0, 0.1) is 5.92 Å². The molecule has 1 fully saturated rings. The first-order valence-corrected chi connectivity index (χ1v) is 6.44. The molecule has 0 radical (unpaired) electrons. The van der Waals surface area contributed by atoms with Gasteiger partial charge in [0.25, 0.3) is 0 Å². The first kappa shape index (κ1) is 13.3. The minimum absolute atomic E-state index is 0.195. The summed E-state index contributed by atoms with van der Waals surface area (Å²) in [5, 5.41) is 0. The summed E-state index contributed by atoms with van der Waals surface area (Å²) in [5.41, 5.74) is 0.316. The molecule has 1 aliphatic rings. The lowest BCUT2D eigenvalue weighted by atomic mass is 9.82. The van der Waals surface area contributed by atoms with Crippen molar-refractivity contribution < 1.29 is 9.53 Å². The number of hydrogen-bond acceptors (Lipinski definition) is 2. The molecule has 0 bridgehead atoms. The van der Waals surface area contributed by atoms with Gasteiger partial charge in [-0.2, -0.15) is 0 Å². The Morgan fingerprint density at radius 1 is 1.31 bits per heavy atom. The fourth-order valence-electron chi connectivity index (χ4n) is 2.87. The van der Waals surface area contributed by atoms with E-state index in [2.05, 4.69) is 20.4 Å². The molecule has 0 amide bonds. The second-order valence-electron chi connectivity index (χ2n) is 4.96. The number of rotatable bonds is 5. The van der Waals surface area contributed by atoms with Crippen LogP contribution in [0.25, 0.3) is 0 Å². The van der Waals surface area contributed by atoms with E-state index in [1.165, 1.54) is 12.8 Å². The van der Waals surface area contributed by atoms with Crippen molar-refractivity contribution in [2.24, 2.45) is 5.92 Å². The highest BCUT2D eigenvalue weighted by Gasteiger charge is 2.43. The minimum atomic E-state index is -0.214. The number of carbonyl (C=O) groups excluding carboxylic acids is 1. The Kier molecular flexibility index (Phi) is 4.57. The zero-order valence-corrected chi connectivity index (χ0v) is 10.8. The van der Waals surface area contributed by atoms with Crippen LogP contribution in [0.2, 0.25) is 0 Å². The second-order valence-corrected chi connectivity index (χ2v) is 4.96. The predicted molar refractivity (Wildman–Crippen MR) is 66.2 cm³/mol. The Morgan fingerprint density at radius 2 is 1.81 bits per heavy atom. The normalized spacial score (nSPS) is 18.8. The molecule has 0 aromatic heterocycles. The fourth-order valence-corrected chi connectivity index (χ4v) is 2.87. The van der Waals surface area contributed by atoms with E-state index in [0.29, 0.717) is 11.5 Å². The molecule has 16 heavy (non-hydrogen) atoms. The highest BCUT2D eigenvalue weighted by atomic mass is 16.6. The van der Waals surface area contributed by atoms with Gasteiger partial charge in [0.15, 0.2) is 0 Å². The van der Waals surface area contributed by atoms with E-state index in [-0.39, 0.29) is 11.6 Å². The summed E-state index contributed by atoms with van der Waals surface area (Å²) in [6.45, 7) is 9.75. The molecule has 0 atom stereocenters. The molecule has 0 unspecified atom stereocenters. The van der Waals surface area contributed by atoms with Crippen molar-refractivity contribution in [1.29, 1.82) is 0 Å². The van der Waals surface area contributed by atoms with Crippen molar-refractivity contribution in [3.63, 3.8) is 0 Å². The average Bonchev–Trinajstić information content (AvgIpc) is 2.69. The first-order valence-electron chi connectivity index (χ1n) is 6.44. The molecule has 1 rings (SSSR count). The van der Waals surface area contributed by atoms with Crippen molar-refractivity contribution >= 4 is 5.97 Å². The Hall–Kier alpha value is -0.790. The molecule has 0 heterocycles. The van der Waals surface area contributed by atoms with Crippen LogP contribution in [0.4, 0.5) is 0 Å². The molecular formula is C14H24O2. The van der Waals surface area contributed by atoms with Crippen LogP contribution in [0.3, 0.4) is 0 Å². The second kappa shape index (κ2) is 5.51. The third-order valence-electron chi connectivity index (χ3n) is 3.82. The van der Waals surface area contributed by atoms with E-state index < -0.39 is 0 Å². The maximum Gasteiger partial charge on any atom is 0.333 e. The van der Waals surface area contributed by atoms with E-state index in [0.717, 1.165) is 25.7 Å². The van der Waals surface area contributed by atoms with Gasteiger partial charge in [0.1, 0.15) is 5.60 Å². The average molecular weight is 224 g/mol. The van der Waals surface area contributed by atoms with Gasteiger partial charge < -0.3 is 4.74 Å². The Balaban J connectivity index is 2.80. The quantitative estimate of drug-likeness (QED) is 0.523. The van der Waals surface area contributed by atoms with Crippen LogP contribution in [0.15, 0.2) is 12.2 Å². The molecule has 0 N–H and O–H groups in total. The van der Waals surface area contributed by atoms with Crippen molar-refractivity contribution in [3.8, 4) is 0 Å². The summed E-state index contributed by atoms with van der Waals surface area (Å²) in [5.74, 6) is 0.284. The van der Waals surface area contributed by atoms with Gasteiger partial charge in [-0.05, 0) is 51.4 Å². The van der Waals surface area contributed by atoms with E-state index in [9.17, 15) is 4.79 Å². The SMILES string of the molecule is C=C(C)C(=O)OC1(C(CC)CC)CCCC1. The molecule has 1 aliphatic carbocycles. The van der Waals surface area contributed by atoms with Gasteiger partial charge in [-0.25, -0.2) is 4.79 Å². The number of carbonyl (C=O) groups is 1. The van der Waals surface area contributed by atoms with Gasteiger partial charge in [0.05, 0.1) is 0 Å². The van der Waals surface area contributed by atoms with E-state index >= 15 is 0 Å². The third kappa shape index (κ3) is 2.66. The first-order chi connectivity index (χ1) is 7.55. The van der Waals surface area contributed by atoms with Crippen molar-refractivity contribution in [3.05, 3.63) is 12.2 Å². The maximum absolute atomic E-state index is 11.7. The molecule has 0 saturated heterocycles. The summed E-state index contributed by atoms with van der Waals surface area (Å²) in [4.78, 5) is 11.7. The molecule has 2 nitrogen and oxygen atoms in total. The summed E-state index contributed by atoms with van der Waals surface area (Å²) in [6, 6.07) is 0. The van der Waals surface area contributed by atoms with Crippen LogP contribution in [-0.2, 0) is 9.53 Å². The fraction of sp³-hybridized carbons (Fsp3) is 0.786. The molecule has 1 saturated carbocycles. The standard InChI is InChI=1S/C14H24O2/c1-5-12(6-2)14(9-7-8-10-14)16-13(15)11(3)4/h12H,3,5-10H2,1-2,4H3. The Labute approximate surface area is 99.1 Å². The number of esters is 1. The van der Waals surface area contributed by atoms with Gasteiger partial charge in [-0.3, -0.25) is 0 Å². The number of ether oxygens (including phenoxy) is 1. The Morgan fingerprint density at radius 3 is 2.19 bits per heavy atom. The molecule has 0 aliphatic heterocycles. The smallest absolute Gasteiger partial charge is 0.333 e. The lowest BCUT2D eigenvalue weighted by Crippen LogP contribution is -2.39. The van der Waals surface area contributed by atoms with Crippen molar-refractivity contribution in [2.75, 3.05) is 0 Å². The van der Waals surface area contributed by atoms with Gasteiger partial charge in [-0.1, -0.05) is 20.4 Å². The summed E-state index contributed by atoms with van der Waals surface area (Å²) >= 11 is 0. The highest BCUT2D eigenvalue weighted by Crippen LogP contribution is 2.42. The molecular weight excluding hydrogens is 200 g/mol. The van der Waals surface area contributed by atoms with Gasteiger partial charge in [0.2, 0.25) is 0 Å². The topological polar surface area (TPSA) is 26.3 Å². The lowest BCUT2D eigenvalue weighted by molar-refractivity contribution is -0.161. The maximum atomic E-state index is 11.7. The molecule has 92 valence electrons. The molecule has 0 spiro atoms. The van der Waals surface area contributed by atoms with E-state index in [4.69, 9.17) is 4.74 Å². The minimum Gasteiger partial charge on any atom is -0.455 e. The summed E-state index contributed by atoms with van der Waals surface area (Å²) in [7, 11) is 0. The van der Waals surface area contributed by atoms with Crippen LogP contribution < -0.4 is 0 Å². The monoisotopic (exact) mass is 224 g/mol. The Bertz CT molecular complexity index is 258. The highest BCUT2D eigenvalue weighted by molar-refractivity contribution is 5.87. The van der Waals surface area contributed by atoms with Gasteiger partial charge in [0, 0.05) is 5.57 Å². The van der Waals surface area contributed by atoms with Gasteiger partial charge >= 0.3 is 5.97 Å².